The minimum atomic E-state index is -0.836. The first-order chi connectivity index (χ1) is 7.88. The molecule has 17 heavy (non-hydrogen) atoms. The van der Waals surface area contributed by atoms with Crippen LogP contribution >= 0.6 is 0 Å². The number of carbonyl (C=O) groups excluding carboxylic acids is 1. The topological polar surface area (TPSA) is 64.3 Å². The van der Waals surface area contributed by atoms with Gasteiger partial charge in [0.25, 0.3) is 5.91 Å². The third-order valence-corrected chi connectivity index (χ3v) is 2.87. The smallest absolute Gasteiger partial charge is 0.252 e. The number of rotatable bonds is 4. The summed E-state index contributed by atoms with van der Waals surface area (Å²) in [6, 6.07) is 7.35. The third-order valence-electron chi connectivity index (χ3n) is 2.87. The van der Waals surface area contributed by atoms with Crippen molar-refractivity contribution in [1.29, 1.82) is 0 Å². The van der Waals surface area contributed by atoms with Crippen LogP contribution in [-0.2, 0) is 9.53 Å². The number of nitrogens with one attached hydrogen (secondary N) is 1. The van der Waals surface area contributed by atoms with Gasteiger partial charge < -0.3 is 15.8 Å². The Bertz CT molecular complexity index is 402. The molecule has 4 nitrogen and oxygen atoms in total. The molecule has 0 aromatic heterocycles. The van der Waals surface area contributed by atoms with Gasteiger partial charge in [0.05, 0.1) is 6.04 Å². The van der Waals surface area contributed by atoms with Gasteiger partial charge in [0.2, 0.25) is 0 Å². The lowest BCUT2D eigenvalue weighted by atomic mass is 10.0. The average Bonchev–Trinajstić information content (AvgIpc) is 2.29. The predicted molar refractivity (Wildman–Crippen MR) is 68.5 cm³/mol. The number of amides is 1. The van der Waals surface area contributed by atoms with Gasteiger partial charge in [0.15, 0.2) is 0 Å². The number of anilines is 1. The second kappa shape index (κ2) is 5.19. The summed E-state index contributed by atoms with van der Waals surface area (Å²) in [5.41, 5.74) is 6.61. The molecule has 1 atom stereocenters. The number of hydrogen-bond acceptors (Lipinski definition) is 3. The maximum absolute atomic E-state index is 11.9. The monoisotopic (exact) mass is 236 g/mol. The number of nitrogens with two attached hydrogens (primary N) is 1. The van der Waals surface area contributed by atoms with Crippen LogP contribution in [0.2, 0.25) is 0 Å². The zero-order valence-corrected chi connectivity index (χ0v) is 10.8. The summed E-state index contributed by atoms with van der Waals surface area (Å²) in [5.74, 6) is -0.157. The van der Waals surface area contributed by atoms with Crippen LogP contribution in [-0.4, -0.2) is 18.6 Å². The van der Waals surface area contributed by atoms with Crippen LogP contribution in [0.3, 0.4) is 0 Å². The van der Waals surface area contributed by atoms with E-state index in [1.165, 1.54) is 7.11 Å². The second-order valence-corrected chi connectivity index (χ2v) is 4.54. The molecule has 0 saturated carbocycles. The zero-order chi connectivity index (χ0) is 13.1. The molecule has 0 aliphatic rings. The summed E-state index contributed by atoms with van der Waals surface area (Å²) in [7, 11) is 1.52. The van der Waals surface area contributed by atoms with Crippen LogP contribution in [0.5, 0.6) is 0 Å². The van der Waals surface area contributed by atoms with Crippen molar-refractivity contribution in [3.8, 4) is 0 Å². The van der Waals surface area contributed by atoms with Gasteiger partial charge in [-0.2, -0.15) is 0 Å². The maximum Gasteiger partial charge on any atom is 0.252 e. The molecule has 0 spiro atoms. The Morgan fingerprint density at radius 1 is 1.41 bits per heavy atom. The van der Waals surface area contributed by atoms with E-state index in [0.29, 0.717) is 5.69 Å². The van der Waals surface area contributed by atoms with E-state index in [1.54, 1.807) is 13.8 Å². The van der Waals surface area contributed by atoms with Crippen LogP contribution in [0.25, 0.3) is 0 Å². The Kier molecular flexibility index (Phi) is 4.12. The molecule has 0 radical (unpaired) electrons. The fourth-order valence-electron chi connectivity index (χ4n) is 1.45. The molecule has 1 aromatic carbocycles. The summed E-state index contributed by atoms with van der Waals surface area (Å²) >= 11 is 0. The SMILES string of the molecule is COC(C)(C)C(=O)NC(C)c1ccccc1N. The third kappa shape index (κ3) is 3.20. The number of hydrogen-bond donors (Lipinski definition) is 2. The molecular formula is C13H20N2O2. The van der Waals surface area contributed by atoms with Gasteiger partial charge >= 0.3 is 0 Å². The molecule has 0 heterocycles. The molecule has 1 unspecified atom stereocenters. The van der Waals surface area contributed by atoms with Gasteiger partial charge in [-0.3, -0.25) is 4.79 Å². The van der Waals surface area contributed by atoms with E-state index in [9.17, 15) is 4.79 Å². The highest BCUT2D eigenvalue weighted by Gasteiger charge is 2.28. The number of para-hydroxylation sites is 1. The lowest BCUT2D eigenvalue weighted by Gasteiger charge is -2.25. The van der Waals surface area contributed by atoms with E-state index in [4.69, 9.17) is 10.5 Å². The molecule has 0 aliphatic carbocycles. The molecule has 0 saturated heterocycles. The molecule has 0 bridgehead atoms. The Hall–Kier alpha value is -1.55. The van der Waals surface area contributed by atoms with Crippen LogP contribution < -0.4 is 11.1 Å². The highest BCUT2D eigenvalue weighted by Crippen LogP contribution is 2.20. The van der Waals surface area contributed by atoms with E-state index in [1.807, 2.05) is 31.2 Å². The van der Waals surface area contributed by atoms with E-state index < -0.39 is 5.60 Å². The summed E-state index contributed by atoms with van der Waals surface area (Å²) in [4.78, 5) is 11.9. The van der Waals surface area contributed by atoms with Gasteiger partial charge in [-0.1, -0.05) is 18.2 Å². The van der Waals surface area contributed by atoms with E-state index in [0.717, 1.165) is 5.56 Å². The lowest BCUT2D eigenvalue weighted by molar-refractivity contribution is -0.140. The van der Waals surface area contributed by atoms with Gasteiger partial charge in [0.1, 0.15) is 5.60 Å². The zero-order valence-electron chi connectivity index (χ0n) is 10.8. The molecule has 1 amide bonds. The second-order valence-electron chi connectivity index (χ2n) is 4.54. The fraction of sp³-hybridized carbons (Fsp3) is 0.462. The summed E-state index contributed by atoms with van der Waals surface area (Å²) in [6.07, 6.45) is 0. The number of ether oxygens (including phenoxy) is 1. The van der Waals surface area contributed by atoms with Crippen molar-refractivity contribution >= 4 is 11.6 Å². The first-order valence-electron chi connectivity index (χ1n) is 5.59. The van der Waals surface area contributed by atoms with E-state index >= 15 is 0 Å². The summed E-state index contributed by atoms with van der Waals surface area (Å²) in [5, 5.41) is 2.88. The summed E-state index contributed by atoms with van der Waals surface area (Å²) in [6.45, 7) is 5.35. The van der Waals surface area contributed by atoms with Crippen molar-refractivity contribution in [2.45, 2.75) is 32.4 Å². The van der Waals surface area contributed by atoms with E-state index in [-0.39, 0.29) is 11.9 Å². The van der Waals surface area contributed by atoms with Crippen molar-refractivity contribution in [1.82, 2.24) is 5.32 Å². The minimum absolute atomic E-state index is 0.141. The highest BCUT2D eigenvalue weighted by molar-refractivity contribution is 5.84. The Morgan fingerprint density at radius 2 is 2.00 bits per heavy atom. The average molecular weight is 236 g/mol. The Balaban J connectivity index is 2.77. The van der Waals surface area contributed by atoms with Crippen LogP contribution in [0.15, 0.2) is 24.3 Å². The van der Waals surface area contributed by atoms with Crippen LogP contribution in [0, 0.1) is 0 Å². The summed E-state index contributed by atoms with van der Waals surface area (Å²) < 4.78 is 5.12. The number of nitrogen functional groups attached to an aromatic ring is 1. The van der Waals surface area contributed by atoms with Crippen molar-refractivity contribution < 1.29 is 9.53 Å². The normalized spacial score (nSPS) is 13.2. The van der Waals surface area contributed by atoms with Gasteiger partial charge in [0, 0.05) is 12.8 Å². The van der Waals surface area contributed by atoms with Crippen molar-refractivity contribution in [3.05, 3.63) is 29.8 Å². The van der Waals surface area contributed by atoms with Crippen LogP contribution in [0.4, 0.5) is 5.69 Å². The highest BCUT2D eigenvalue weighted by atomic mass is 16.5. The first kappa shape index (κ1) is 13.5. The molecule has 0 fully saturated rings. The number of carbonyl (C=O) groups is 1. The number of benzene rings is 1. The molecule has 94 valence electrons. The number of methoxy groups -OCH3 is 1. The fourth-order valence-corrected chi connectivity index (χ4v) is 1.45. The largest absolute Gasteiger partial charge is 0.398 e. The molecule has 1 aromatic rings. The van der Waals surface area contributed by atoms with Crippen molar-refractivity contribution in [3.63, 3.8) is 0 Å². The van der Waals surface area contributed by atoms with E-state index in [2.05, 4.69) is 5.32 Å². The maximum atomic E-state index is 11.9. The first-order valence-corrected chi connectivity index (χ1v) is 5.59. The van der Waals surface area contributed by atoms with Gasteiger partial charge in [-0.05, 0) is 32.4 Å². The quantitative estimate of drug-likeness (QED) is 0.784. The predicted octanol–water partition coefficient (Wildman–Crippen LogP) is 1.87. The molecule has 3 N–H and O–H groups in total. The molecule has 0 aliphatic heterocycles. The molecule has 1 rings (SSSR count). The van der Waals surface area contributed by atoms with Crippen molar-refractivity contribution in [2.75, 3.05) is 12.8 Å². The minimum Gasteiger partial charge on any atom is -0.398 e. The Morgan fingerprint density at radius 3 is 2.53 bits per heavy atom. The van der Waals surface area contributed by atoms with Gasteiger partial charge in [-0.25, -0.2) is 0 Å². The standard InChI is InChI=1S/C13H20N2O2/c1-9(10-7-5-6-8-11(10)14)15-12(16)13(2,3)17-4/h5-9H,14H2,1-4H3,(H,15,16). The van der Waals surface area contributed by atoms with Crippen LogP contribution in [0.1, 0.15) is 32.4 Å². The molecule has 4 heteroatoms. The van der Waals surface area contributed by atoms with Gasteiger partial charge in [-0.15, -0.1) is 0 Å². The lowest BCUT2D eigenvalue weighted by Crippen LogP contribution is -2.44. The Labute approximate surface area is 102 Å². The molecular weight excluding hydrogens is 216 g/mol. The van der Waals surface area contributed by atoms with Crippen molar-refractivity contribution in [2.24, 2.45) is 0 Å².